The van der Waals surface area contributed by atoms with Crippen LogP contribution in [0.25, 0.3) is 10.2 Å². The molecule has 0 unspecified atom stereocenters. The van der Waals surface area contributed by atoms with Crippen LogP contribution < -0.4 is 16.2 Å². The Balaban J connectivity index is 1.42. The molecule has 4 rings (SSSR count). The lowest BCUT2D eigenvalue weighted by Crippen LogP contribution is -2.44. The van der Waals surface area contributed by atoms with E-state index in [1.54, 1.807) is 29.3 Å². The Morgan fingerprint density at radius 1 is 1.24 bits per heavy atom. The number of pyridine rings is 1. The fraction of sp³-hybridized carbons (Fsp3) is 0.346. The number of anilines is 1. The second kappa shape index (κ2) is 12.5. The predicted molar refractivity (Wildman–Crippen MR) is 142 cm³/mol. The number of alkyl carbamates (subject to hydrolysis) is 1. The van der Waals surface area contributed by atoms with Gasteiger partial charge in [-0.2, -0.15) is 0 Å². The van der Waals surface area contributed by atoms with Crippen molar-refractivity contribution in [1.82, 2.24) is 19.8 Å². The number of hydrogen-bond acceptors (Lipinski definition) is 7. The number of amides is 3. The number of allylic oxidation sites excluding steroid dienone is 1. The number of methoxy groups -OCH3 is 1. The molecule has 1 atom stereocenters. The summed E-state index contributed by atoms with van der Waals surface area (Å²) in [5, 5.41) is 5.67. The average Bonchev–Trinajstić information content (AvgIpc) is 3.57. The number of likely N-dealkylation sites (tertiary alicyclic amines) is 1. The number of aromatic nitrogens is 2. The molecule has 0 saturated carbocycles. The maximum Gasteiger partial charge on any atom is 0.407 e. The first-order valence-electron chi connectivity index (χ1n) is 12.2. The summed E-state index contributed by atoms with van der Waals surface area (Å²) in [6.45, 7) is 1.62. The van der Waals surface area contributed by atoms with E-state index in [1.807, 2.05) is 0 Å². The fourth-order valence-corrected chi connectivity index (χ4v) is 5.04. The molecule has 200 valence electrons. The van der Waals surface area contributed by atoms with Gasteiger partial charge in [-0.25, -0.2) is 14.2 Å². The molecule has 0 aliphatic carbocycles. The van der Waals surface area contributed by atoms with Crippen LogP contribution in [0, 0.1) is 5.82 Å². The molecule has 1 aliphatic heterocycles. The summed E-state index contributed by atoms with van der Waals surface area (Å²) in [4.78, 5) is 56.2. The highest BCUT2D eigenvalue weighted by atomic mass is 32.1. The first-order chi connectivity index (χ1) is 18.3. The van der Waals surface area contributed by atoms with Gasteiger partial charge < -0.3 is 24.8 Å². The molecule has 0 spiro atoms. The highest BCUT2D eigenvalue weighted by molar-refractivity contribution is 7.18. The van der Waals surface area contributed by atoms with E-state index in [1.165, 1.54) is 47.3 Å². The normalized spacial score (nSPS) is 14.1. The lowest BCUT2D eigenvalue weighted by atomic mass is 10.1. The van der Waals surface area contributed by atoms with Gasteiger partial charge in [0.1, 0.15) is 22.6 Å². The average molecular weight is 542 g/mol. The summed E-state index contributed by atoms with van der Waals surface area (Å²) in [6, 6.07) is 6.40. The SMILES string of the molecule is COC(=O)N[C@@H](CC/C=C/C(=O)N1CCCC1)C(=O)Nc1cccn(Cc2nc3cc(F)ccc3s2)c1=O. The monoisotopic (exact) mass is 541 g/mol. The fourth-order valence-electron chi connectivity index (χ4n) is 4.10. The summed E-state index contributed by atoms with van der Waals surface area (Å²) in [7, 11) is 1.19. The Bertz CT molecular complexity index is 1410. The van der Waals surface area contributed by atoms with Crippen LogP contribution in [0.15, 0.2) is 53.5 Å². The Hall–Kier alpha value is -4.06. The van der Waals surface area contributed by atoms with E-state index < -0.39 is 23.6 Å². The molecule has 2 N–H and O–H groups in total. The van der Waals surface area contributed by atoms with Gasteiger partial charge in [-0.05, 0) is 56.0 Å². The van der Waals surface area contributed by atoms with E-state index in [-0.39, 0.29) is 30.4 Å². The largest absolute Gasteiger partial charge is 0.453 e. The number of fused-ring (bicyclic) bond motifs is 1. The van der Waals surface area contributed by atoms with Gasteiger partial charge in [-0.15, -0.1) is 11.3 Å². The number of rotatable bonds is 9. The second-order valence-corrected chi connectivity index (χ2v) is 9.88. The van der Waals surface area contributed by atoms with Crippen molar-refractivity contribution in [2.45, 2.75) is 38.3 Å². The van der Waals surface area contributed by atoms with Crippen LogP contribution in [-0.4, -0.2) is 58.6 Å². The van der Waals surface area contributed by atoms with Crippen LogP contribution in [-0.2, 0) is 20.9 Å². The first-order valence-corrected chi connectivity index (χ1v) is 13.0. The van der Waals surface area contributed by atoms with Crippen molar-refractivity contribution in [3.05, 3.63) is 69.9 Å². The predicted octanol–water partition coefficient (Wildman–Crippen LogP) is 3.27. The lowest BCUT2D eigenvalue weighted by molar-refractivity contribution is -0.125. The van der Waals surface area contributed by atoms with Crippen molar-refractivity contribution in [3.63, 3.8) is 0 Å². The Kier molecular flexibility index (Phi) is 8.85. The molecule has 3 amide bonds. The van der Waals surface area contributed by atoms with Crippen LogP contribution in [0.4, 0.5) is 14.9 Å². The molecule has 1 fully saturated rings. The topological polar surface area (TPSA) is 123 Å². The van der Waals surface area contributed by atoms with E-state index in [0.29, 0.717) is 16.9 Å². The Morgan fingerprint density at radius 3 is 2.79 bits per heavy atom. The molecular weight excluding hydrogens is 513 g/mol. The molecular formula is C26H28FN5O5S. The maximum absolute atomic E-state index is 13.5. The van der Waals surface area contributed by atoms with E-state index >= 15 is 0 Å². The zero-order valence-corrected chi connectivity index (χ0v) is 21.6. The van der Waals surface area contributed by atoms with Gasteiger partial charge in [-0.1, -0.05) is 6.08 Å². The van der Waals surface area contributed by atoms with Crippen LogP contribution in [0.5, 0.6) is 0 Å². The van der Waals surface area contributed by atoms with Crippen molar-refractivity contribution in [2.24, 2.45) is 0 Å². The molecule has 10 nitrogen and oxygen atoms in total. The van der Waals surface area contributed by atoms with Gasteiger partial charge in [-0.3, -0.25) is 14.4 Å². The molecule has 1 aliphatic rings. The number of carbonyl (C=O) groups is 3. The van der Waals surface area contributed by atoms with Crippen molar-refractivity contribution < 1.29 is 23.5 Å². The smallest absolute Gasteiger partial charge is 0.407 e. The number of hydrogen-bond donors (Lipinski definition) is 2. The standard InChI is InChI=1S/C26H28FN5O5S/c1-37-26(36)30-18(7-2-3-9-23(33)31-12-4-5-13-31)24(34)29-19-8-6-14-32(25(19)35)16-22-28-20-15-17(27)10-11-21(20)38-22/h3,6,8-11,14-15,18H,2,4-5,7,12-13,16H2,1H3,(H,29,34)(H,30,36)/b9-3+/t18-/m0/s1. The molecule has 0 bridgehead atoms. The van der Waals surface area contributed by atoms with Crippen LogP contribution in [0.1, 0.15) is 30.7 Å². The molecule has 2 aromatic heterocycles. The van der Waals surface area contributed by atoms with Gasteiger partial charge in [0.05, 0.1) is 23.9 Å². The third kappa shape index (κ3) is 6.82. The number of carbonyl (C=O) groups excluding carboxylic acids is 3. The molecule has 12 heteroatoms. The second-order valence-electron chi connectivity index (χ2n) is 8.76. The van der Waals surface area contributed by atoms with Gasteiger partial charge in [0, 0.05) is 25.4 Å². The quantitative estimate of drug-likeness (QED) is 0.401. The zero-order chi connectivity index (χ0) is 27.1. The van der Waals surface area contributed by atoms with Crippen molar-refractivity contribution in [3.8, 4) is 0 Å². The summed E-state index contributed by atoms with van der Waals surface area (Å²) < 4.78 is 20.3. The number of nitrogens with one attached hydrogen (secondary N) is 2. The molecule has 1 aromatic carbocycles. The third-order valence-electron chi connectivity index (χ3n) is 6.07. The van der Waals surface area contributed by atoms with Crippen molar-refractivity contribution >= 4 is 45.1 Å². The molecule has 3 aromatic rings. The van der Waals surface area contributed by atoms with Crippen LogP contribution in [0.2, 0.25) is 0 Å². The number of thiazole rings is 1. The highest BCUT2D eigenvalue weighted by Gasteiger charge is 2.22. The zero-order valence-electron chi connectivity index (χ0n) is 20.8. The Morgan fingerprint density at radius 2 is 2.03 bits per heavy atom. The van der Waals surface area contributed by atoms with Crippen LogP contribution in [0.3, 0.4) is 0 Å². The lowest BCUT2D eigenvalue weighted by Gasteiger charge is -2.17. The third-order valence-corrected chi connectivity index (χ3v) is 7.09. The van der Waals surface area contributed by atoms with Gasteiger partial charge >= 0.3 is 6.09 Å². The molecule has 0 radical (unpaired) electrons. The summed E-state index contributed by atoms with van der Waals surface area (Å²) in [6.07, 6.45) is 6.44. The summed E-state index contributed by atoms with van der Waals surface area (Å²) >= 11 is 1.34. The Labute approximate surface area is 222 Å². The minimum Gasteiger partial charge on any atom is -0.453 e. The van der Waals surface area contributed by atoms with E-state index in [9.17, 15) is 23.6 Å². The van der Waals surface area contributed by atoms with Gasteiger partial charge in [0.2, 0.25) is 11.8 Å². The van der Waals surface area contributed by atoms with E-state index in [0.717, 1.165) is 30.6 Å². The van der Waals surface area contributed by atoms with Gasteiger partial charge in [0.15, 0.2) is 0 Å². The van der Waals surface area contributed by atoms with Crippen molar-refractivity contribution in [2.75, 3.05) is 25.5 Å². The number of ether oxygens (including phenoxy) is 1. The highest BCUT2D eigenvalue weighted by Crippen LogP contribution is 2.23. The summed E-state index contributed by atoms with van der Waals surface area (Å²) in [5.74, 6) is -1.06. The van der Waals surface area contributed by atoms with E-state index in [2.05, 4.69) is 20.4 Å². The minimum atomic E-state index is -0.999. The van der Waals surface area contributed by atoms with Crippen LogP contribution >= 0.6 is 11.3 Å². The molecule has 3 heterocycles. The number of halogens is 1. The first kappa shape index (κ1) is 27.0. The van der Waals surface area contributed by atoms with E-state index in [4.69, 9.17) is 0 Å². The maximum atomic E-state index is 13.5. The minimum absolute atomic E-state index is 0.0288. The van der Waals surface area contributed by atoms with Crippen molar-refractivity contribution in [1.29, 1.82) is 0 Å². The summed E-state index contributed by atoms with van der Waals surface area (Å²) in [5.41, 5.74) is 0.0793. The van der Waals surface area contributed by atoms with Gasteiger partial charge in [0.25, 0.3) is 5.56 Å². The molecule has 38 heavy (non-hydrogen) atoms. The molecule has 1 saturated heterocycles. The number of benzene rings is 1. The number of nitrogens with zero attached hydrogens (tertiary/aromatic N) is 3.